The van der Waals surface area contributed by atoms with Crippen molar-refractivity contribution in [3.8, 4) is 0 Å². The average molecular weight is 354 g/mol. The third kappa shape index (κ3) is 4.31. The Kier molecular flexibility index (Phi) is 5.71. The maximum absolute atomic E-state index is 12.2. The van der Waals surface area contributed by atoms with Crippen LogP contribution in [0.25, 0.3) is 0 Å². The number of rotatable bonds is 6. The molecule has 26 heavy (non-hydrogen) atoms. The van der Waals surface area contributed by atoms with Crippen LogP contribution in [0.2, 0.25) is 0 Å². The maximum atomic E-state index is 12.2. The second-order valence-corrected chi connectivity index (χ2v) is 7.02. The summed E-state index contributed by atoms with van der Waals surface area (Å²) >= 11 is 0. The van der Waals surface area contributed by atoms with Crippen LogP contribution in [0.4, 0.5) is 5.69 Å². The Bertz CT molecular complexity index is 805. The SMILES string of the molecule is CN(C)c1ccc(C(=O)NCCn2cnc(C3CCCC3)cc2=O)cc1. The molecule has 1 heterocycles. The molecule has 3 rings (SSSR count). The van der Waals surface area contributed by atoms with E-state index in [0.29, 0.717) is 24.6 Å². The molecular weight excluding hydrogens is 328 g/mol. The van der Waals surface area contributed by atoms with E-state index in [2.05, 4.69) is 10.3 Å². The predicted molar refractivity (Wildman–Crippen MR) is 103 cm³/mol. The van der Waals surface area contributed by atoms with Gasteiger partial charge in [-0.3, -0.25) is 14.2 Å². The minimum Gasteiger partial charge on any atom is -0.378 e. The molecule has 0 bridgehead atoms. The summed E-state index contributed by atoms with van der Waals surface area (Å²) in [7, 11) is 3.91. The lowest BCUT2D eigenvalue weighted by molar-refractivity contribution is 0.0952. The van der Waals surface area contributed by atoms with Gasteiger partial charge in [-0.2, -0.15) is 0 Å². The molecule has 6 nitrogen and oxygen atoms in total. The van der Waals surface area contributed by atoms with Gasteiger partial charge in [0.15, 0.2) is 0 Å². The van der Waals surface area contributed by atoms with Gasteiger partial charge in [-0.25, -0.2) is 4.98 Å². The van der Waals surface area contributed by atoms with Crippen LogP contribution >= 0.6 is 0 Å². The van der Waals surface area contributed by atoms with Crippen molar-refractivity contribution in [2.75, 3.05) is 25.5 Å². The van der Waals surface area contributed by atoms with Crippen LogP contribution in [0.3, 0.4) is 0 Å². The zero-order valence-corrected chi connectivity index (χ0v) is 15.4. The molecule has 1 saturated carbocycles. The van der Waals surface area contributed by atoms with Gasteiger partial charge in [0.2, 0.25) is 0 Å². The van der Waals surface area contributed by atoms with E-state index in [4.69, 9.17) is 0 Å². The van der Waals surface area contributed by atoms with Crippen LogP contribution in [0, 0.1) is 0 Å². The number of carbonyl (C=O) groups is 1. The number of carbonyl (C=O) groups excluding carboxylic acids is 1. The molecule has 6 heteroatoms. The van der Waals surface area contributed by atoms with Crippen molar-refractivity contribution in [2.45, 2.75) is 38.1 Å². The lowest BCUT2D eigenvalue weighted by Gasteiger charge is -2.13. The van der Waals surface area contributed by atoms with Gasteiger partial charge in [0.1, 0.15) is 0 Å². The van der Waals surface area contributed by atoms with Gasteiger partial charge in [0, 0.05) is 50.4 Å². The van der Waals surface area contributed by atoms with E-state index in [1.165, 1.54) is 12.8 Å². The molecule has 0 aliphatic heterocycles. The minimum atomic E-state index is -0.140. The number of amides is 1. The fraction of sp³-hybridized carbons (Fsp3) is 0.450. The predicted octanol–water partition coefficient (Wildman–Crippen LogP) is 2.40. The molecule has 0 spiro atoms. The van der Waals surface area contributed by atoms with E-state index in [1.807, 2.05) is 31.1 Å². The van der Waals surface area contributed by atoms with Crippen molar-refractivity contribution in [3.63, 3.8) is 0 Å². The zero-order valence-electron chi connectivity index (χ0n) is 15.4. The van der Waals surface area contributed by atoms with Crippen molar-refractivity contribution in [2.24, 2.45) is 0 Å². The van der Waals surface area contributed by atoms with Gasteiger partial charge in [-0.15, -0.1) is 0 Å². The van der Waals surface area contributed by atoms with E-state index in [-0.39, 0.29) is 11.5 Å². The number of anilines is 1. The van der Waals surface area contributed by atoms with Crippen LogP contribution in [-0.2, 0) is 6.54 Å². The van der Waals surface area contributed by atoms with Crippen LogP contribution in [0.1, 0.15) is 47.7 Å². The molecule has 2 aromatic rings. The third-order valence-electron chi connectivity index (χ3n) is 4.96. The normalized spacial score (nSPS) is 14.4. The lowest BCUT2D eigenvalue weighted by atomic mass is 10.0. The van der Waals surface area contributed by atoms with Gasteiger partial charge >= 0.3 is 0 Å². The fourth-order valence-corrected chi connectivity index (χ4v) is 3.36. The Morgan fingerprint density at radius 2 is 1.92 bits per heavy atom. The molecule has 0 saturated heterocycles. The Labute approximate surface area is 153 Å². The number of hydrogen-bond donors (Lipinski definition) is 1. The highest BCUT2D eigenvalue weighted by atomic mass is 16.1. The maximum Gasteiger partial charge on any atom is 0.253 e. The number of nitrogens with one attached hydrogen (secondary N) is 1. The van der Waals surface area contributed by atoms with Crippen LogP contribution in [-0.4, -0.2) is 36.1 Å². The van der Waals surface area contributed by atoms with E-state index >= 15 is 0 Å². The van der Waals surface area contributed by atoms with Crippen LogP contribution in [0.15, 0.2) is 41.5 Å². The number of nitrogens with zero attached hydrogens (tertiary/aromatic N) is 3. The molecular formula is C20H26N4O2. The standard InChI is InChI=1S/C20H26N4O2/c1-23(2)17-9-7-16(8-10-17)20(26)21-11-12-24-14-22-18(13-19(24)25)15-5-3-4-6-15/h7-10,13-15H,3-6,11-12H2,1-2H3,(H,21,26). The number of benzene rings is 1. The highest BCUT2D eigenvalue weighted by molar-refractivity contribution is 5.94. The van der Waals surface area contributed by atoms with Crippen molar-refractivity contribution < 1.29 is 4.79 Å². The first-order valence-electron chi connectivity index (χ1n) is 9.16. The van der Waals surface area contributed by atoms with Crippen molar-refractivity contribution >= 4 is 11.6 Å². The summed E-state index contributed by atoms with van der Waals surface area (Å²) in [4.78, 5) is 30.9. The van der Waals surface area contributed by atoms with Crippen molar-refractivity contribution in [1.29, 1.82) is 0 Å². The highest BCUT2D eigenvalue weighted by Gasteiger charge is 2.18. The Morgan fingerprint density at radius 3 is 2.54 bits per heavy atom. The smallest absolute Gasteiger partial charge is 0.253 e. The van der Waals surface area contributed by atoms with Gasteiger partial charge in [0.25, 0.3) is 11.5 Å². The van der Waals surface area contributed by atoms with Crippen molar-refractivity contribution in [3.05, 3.63) is 58.3 Å². The molecule has 1 fully saturated rings. The number of aromatic nitrogens is 2. The quantitative estimate of drug-likeness (QED) is 0.865. The molecule has 1 aliphatic carbocycles. The highest BCUT2D eigenvalue weighted by Crippen LogP contribution is 2.32. The summed E-state index contributed by atoms with van der Waals surface area (Å²) in [5.41, 5.74) is 2.51. The van der Waals surface area contributed by atoms with Gasteiger partial charge in [-0.1, -0.05) is 12.8 Å². The van der Waals surface area contributed by atoms with Gasteiger partial charge in [-0.05, 0) is 37.1 Å². The second-order valence-electron chi connectivity index (χ2n) is 7.02. The molecule has 1 aliphatic rings. The first kappa shape index (κ1) is 18.2. The summed E-state index contributed by atoms with van der Waals surface area (Å²) in [5, 5.41) is 2.85. The van der Waals surface area contributed by atoms with Gasteiger partial charge < -0.3 is 10.2 Å². The largest absolute Gasteiger partial charge is 0.378 e. The monoisotopic (exact) mass is 354 g/mol. The first-order chi connectivity index (χ1) is 12.5. The fourth-order valence-electron chi connectivity index (χ4n) is 3.36. The van der Waals surface area contributed by atoms with Crippen LogP contribution < -0.4 is 15.8 Å². The van der Waals surface area contributed by atoms with E-state index in [1.54, 1.807) is 29.1 Å². The first-order valence-corrected chi connectivity index (χ1v) is 9.16. The molecule has 138 valence electrons. The summed E-state index contributed by atoms with van der Waals surface area (Å²) < 4.78 is 1.55. The summed E-state index contributed by atoms with van der Waals surface area (Å²) in [6.45, 7) is 0.803. The second kappa shape index (κ2) is 8.17. The molecule has 0 radical (unpaired) electrons. The molecule has 0 unspecified atom stereocenters. The van der Waals surface area contributed by atoms with E-state index in [9.17, 15) is 9.59 Å². The molecule has 1 N–H and O–H groups in total. The third-order valence-corrected chi connectivity index (χ3v) is 4.96. The van der Waals surface area contributed by atoms with Gasteiger partial charge in [0.05, 0.1) is 12.0 Å². The molecule has 1 aromatic carbocycles. The van der Waals surface area contributed by atoms with Crippen molar-refractivity contribution in [1.82, 2.24) is 14.9 Å². The Balaban J connectivity index is 1.54. The molecule has 0 atom stereocenters. The Hall–Kier alpha value is -2.63. The molecule has 1 aromatic heterocycles. The van der Waals surface area contributed by atoms with Crippen LogP contribution in [0.5, 0.6) is 0 Å². The average Bonchev–Trinajstić information content (AvgIpc) is 3.17. The van der Waals surface area contributed by atoms with E-state index < -0.39 is 0 Å². The summed E-state index contributed by atoms with van der Waals surface area (Å²) in [5.74, 6) is 0.293. The summed E-state index contributed by atoms with van der Waals surface area (Å²) in [6, 6.07) is 9.07. The number of hydrogen-bond acceptors (Lipinski definition) is 4. The lowest BCUT2D eigenvalue weighted by Crippen LogP contribution is -2.31. The topological polar surface area (TPSA) is 67.2 Å². The zero-order chi connectivity index (χ0) is 18.5. The Morgan fingerprint density at radius 1 is 1.23 bits per heavy atom. The summed E-state index contributed by atoms with van der Waals surface area (Å²) in [6.07, 6.45) is 6.29. The molecule has 1 amide bonds. The van der Waals surface area contributed by atoms with E-state index in [0.717, 1.165) is 24.2 Å². The minimum absolute atomic E-state index is 0.0496.